The molecule has 0 amide bonds. The standard InChI is InChI=1S/C12H8BrCl2IS/c1-6-9(13)5-11(17-6)12(15)8-4-7(14)2-3-10(8)16/h2-5,12H,1H3. The van der Waals surface area contributed by atoms with Crippen molar-refractivity contribution in [3.8, 4) is 0 Å². The average Bonchev–Trinajstić information content (AvgIpc) is 2.62. The van der Waals surface area contributed by atoms with E-state index in [2.05, 4.69) is 51.5 Å². The molecule has 0 aliphatic heterocycles. The van der Waals surface area contributed by atoms with Crippen molar-refractivity contribution in [1.82, 2.24) is 0 Å². The zero-order chi connectivity index (χ0) is 12.6. The minimum atomic E-state index is -0.143. The SMILES string of the molecule is Cc1sc(C(Cl)c2cc(Cl)ccc2I)cc1Br. The summed E-state index contributed by atoms with van der Waals surface area (Å²) in [4.78, 5) is 2.37. The van der Waals surface area contributed by atoms with Gasteiger partial charge in [-0.15, -0.1) is 22.9 Å². The van der Waals surface area contributed by atoms with E-state index in [1.165, 1.54) is 4.88 Å². The minimum Gasteiger partial charge on any atom is -0.143 e. The Balaban J connectivity index is 2.42. The van der Waals surface area contributed by atoms with Crippen LogP contribution in [0.2, 0.25) is 5.02 Å². The number of aryl methyl sites for hydroxylation is 1. The fraction of sp³-hybridized carbons (Fsp3) is 0.167. The smallest absolute Gasteiger partial charge is 0.0938 e. The summed E-state index contributed by atoms with van der Waals surface area (Å²) in [5, 5.41) is 0.578. The van der Waals surface area contributed by atoms with Gasteiger partial charge in [0.1, 0.15) is 0 Å². The molecule has 1 atom stereocenters. The van der Waals surface area contributed by atoms with Gasteiger partial charge in [-0.25, -0.2) is 0 Å². The van der Waals surface area contributed by atoms with Crippen LogP contribution >= 0.6 is 73.1 Å². The molecule has 90 valence electrons. The van der Waals surface area contributed by atoms with Gasteiger partial charge in [0.2, 0.25) is 0 Å². The van der Waals surface area contributed by atoms with E-state index in [9.17, 15) is 0 Å². The number of hydrogen-bond acceptors (Lipinski definition) is 1. The van der Waals surface area contributed by atoms with Crippen LogP contribution in [-0.4, -0.2) is 0 Å². The monoisotopic (exact) mass is 460 g/mol. The van der Waals surface area contributed by atoms with Crippen LogP contribution in [0, 0.1) is 10.5 Å². The summed E-state index contributed by atoms with van der Waals surface area (Å²) in [7, 11) is 0. The maximum absolute atomic E-state index is 6.52. The Morgan fingerprint density at radius 1 is 1.35 bits per heavy atom. The Morgan fingerprint density at radius 3 is 2.65 bits per heavy atom. The summed E-state index contributed by atoms with van der Waals surface area (Å²) in [5.74, 6) is 0. The predicted octanol–water partition coefficient (Wildman–Crippen LogP) is 6.41. The van der Waals surface area contributed by atoms with Gasteiger partial charge in [0, 0.05) is 22.8 Å². The third-order valence-electron chi connectivity index (χ3n) is 2.36. The van der Waals surface area contributed by atoms with Crippen LogP contribution in [-0.2, 0) is 0 Å². The average molecular weight is 462 g/mol. The van der Waals surface area contributed by atoms with Crippen molar-refractivity contribution in [2.75, 3.05) is 0 Å². The lowest BCUT2D eigenvalue weighted by atomic mass is 10.1. The lowest BCUT2D eigenvalue weighted by molar-refractivity contribution is 1.17. The van der Waals surface area contributed by atoms with Crippen LogP contribution in [0.1, 0.15) is 20.7 Å². The van der Waals surface area contributed by atoms with Crippen molar-refractivity contribution in [3.63, 3.8) is 0 Å². The highest BCUT2D eigenvalue weighted by atomic mass is 127. The molecule has 1 heterocycles. The van der Waals surface area contributed by atoms with Gasteiger partial charge in [-0.2, -0.15) is 0 Å². The number of alkyl halides is 1. The van der Waals surface area contributed by atoms with Crippen molar-refractivity contribution < 1.29 is 0 Å². The van der Waals surface area contributed by atoms with Gasteiger partial charge in [-0.05, 0) is 75.3 Å². The first kappa shape index (κ1) is 14.1. The fourth-order valence-corrected chi connectivity index (χ4v) is 4.42. The molecule has 0 aliphatic carbocycles. The first-order chi connectivity index (χ1) is 7.99. The van der Waals surface area contributed by atoms with E-state index in [4.69, 9.17) is 23.2 Å². The molecule has 5 heteroatoms. The van der Waals surface area contributed by atoms with Crippen LogP contribution in [0.15, 0.2) is 28.7 Å². The van der Waals surface area contributed by atoms with E-state index >= 15 is 0 Å². The molecule has 0 aliphatic rings. The van der Waals surface area contributed by atoms with E-state index in [0.29, 0.717) is 0 Å². The number of hydrogen-bond donors (Lipinski definition) is 0. The zero-order valence-electron chi connectivity index (χ0n) is 8.81. The van der Waals surface area contributed by atoms with Crippen molar-refractivity contribution in [1.29, 1.82) is 0 Å². The normalized spacial score (nSPS) is 12.8. The quantitative estimate of drug-likeness (QED) is 0.358. The van der Waals surface area contributed by atoms with Crippen LogP contribution in [0.5, 0.6) is 0 Å². The topological polar surface area (TPSA) is 0 Å². The second-order valence-corrected chi connectivity index (χ2v) is 7.76. The predicted molar refractivity (Wildman–Crippen MR) is 88.6 cm³/mol. The maximum atomic E-state index is 6.52. The maximum Gasteiger partial charge on any atom is 0.0938 e. The van der Waals surface area contributed by atoms with Crippen LogP contribution in [0.4, 0.5) is 0 Å². The lowest BCUT2D eigenvalue weighted by Crippen LogP contribution is -1.93. The van der Waals surface area contributed by atoms with E-state index in [0.717, 1.165) is 23.5 Å². The molecule has 1 unspecified atom stereocenters. The molecule has 0 fully saturated rings. The molecule has 0 saturated heterocycles. The Morgan fingerprint density at radius 2 is 2.06 bits per heavy atom. The van der Waals surface area contributed by atoms with Gasteiger partial charge in [0.25, 0.3) is 0 Å². The molecule has 17 heavy (non-hydrogen) atoms. The summed E-state index contributed by atoms with van der Waals surface area (Å²) in [6, 6.07) is 7.88. The second kappa shape index (κ2) is 5.78. The number of thiophene rings is 1. The van der Waals surface area contributed by atoms with Crippen molar-refractivity contribution >= 4 is 73.1 Å². The molecule has 0 bridgehead atoms. The molecule has 0 spiro atoms. The van der Waals surface area contributed by atoms with E-state index in [1.54, 1.807) is 11.3 Å². The molecule has 0 radical (unpaired) electrons. The van der Waals surface area contributed by atoms with Crippen molar-refractivity contribution in [2.24, 2.45) is 0 Å². The van der Waals surface area contributed by atoms with Gasteiger partial charge in [-0.1, -0.05) is 11.6 Å². The van der Waals surface area contributed by atoms with Crippen molar-refractivity contribution in [2.45, 2.75) is 12.3 Å². The van der Waals surface area contributed by atoms with Gasteiger partial charge < -0.3 is 0 Å². The minimum absolute atomic E-state index is 0.143. The second-order valence-electron chi connectivity index (χ2n) is 3.58. The summed E-state index contributed by atoms with van der Waals surface area (Å²) < 4.78 is 2.24. The molecule has 0 saturated carbocycles. The van der Waals surface area contributed by atoms with E-state index in [1.807, 2.05) is 18.2 Å². The molecule has 0 N–H and O–H groups in total. The van der Waals surface area contributed by atoms with E-state index in [-0.39, 0.29) is 5.38 Å². The first-order valence-electron chi connectivity index (χ1n) is 4.84. The fourth-order valence-electron chi connectivity index (χ4n) is 1.47. The van der Waals surface area contributed by atoms with Gasteiger partial charge in [0.15, 0.2) is 0 Å². The molecular formula is C12H8BrCl2IS. The summed E-state index contributed by atoms with van der Waals surface area (Å²) in [6.07, 6.45) is 0. The van der Waals surface area contributed by atoms with E-state index < -0.39 is 0 Å². The Labute approximate surface area is 137 Å². The lowest BCUT2D eigenvalue weighted by Gasteiger charge is -2.10. The zero-order valence-corrected chi connectivity index (χ0v) is 14.9. The molecular weight excluding hydrogens is 454 g/mol. The van der Waals surface area contributed by atoms with Gasteiger partial charge in [-0.3, -0.25) is 0 Å². The summed E-state index contributed by atoms with van der Waals surface area (Å²) in [5.41, 5.74) is 1.06. The Kier molecular flexibility index (Phi) is 4.80. The van der Waals surface area contributed by atoms with Gasteiger partial charge in [0.05, 0.1) is 5.38 Å². The summed E-state index contributed by atoms with van der Waals surface area (Å²) >= 11 is 20.0. The third-order valence-corrected chi connectivity index (χ3v) is 6.38. The molecule has 0 nitrogen and oxygen atoms in total. The third kappa shape index (κ3) is 3.18. The molecule has 1 aromatic heterocycles. The van der Waals surface area contributed by atoms with Gasteiger partial charge >= 0.3 is 0 Å². The van der Waals surface area contributed by atoms with Crippen LogP contribution in [0.3, 0.4) is 0 Å². The van der Waals surface area contributed by atoms with Crippen LogP contribution in [0.25, 0.3) is 0 Å². The largest absolute Gasteiger partial charge is 0.143 e. The van der Waals surface area contributed by atoms with Crippen molar-refractivity contribution in [3.05, 3.63) is 52.6 Å². The first-order valence-corrected chi connectivity index (χ1v) is 8.34. The number of halogens is 4. The highest BCUT2D eigenvalue weighted by molar-refractivity contribution is 14.1. The number of benzene rings is 1. The Bertz CT molecular complexity index is 534. The highest BCUT2D eigenvalue weighted by Gasteiger charge is 2.17. The highest BCUT2D eigenvalue weighted by Crippen LogP contribution is 2.39. The summed E-state index contributed by atoms with van der Waals surface area (Å²) in [6.45, 7) is 2.07. The molecule has 1 aromatic carbocycles. The van der Waals surface area contributed by atoms with Crippen LogP contribution < -0.4 is 0 Å². The number of rotatable bonds is 2. The Hall–Kier alpha value is 0.710. The molecule has 2 aromatic rings. The molecule has 2 rings (SSSR count).